The first-order valence-electron chi connectivity index (χ1n) is 6.10. The molecule has 0 radical (unpaired) electrons. The van der Waals surface area contributed by atoms with E-state index < -0.39 is 0 Å². The van der Waals surface area contributed by atoms with Crippen molar-refractivity contribution >= 4 is 35.4 Å². The highest BCUT2D eigenvalue weighted by atomic mass is 35.5. The van der Waals surface area contributed by atoms with Gasteiger partial charge in [0.15, 0.2) is 5.75 Å². The van der Waals surface area contributed by atoms with E-state index in [1.807, 2.05) is 6.92 Å². The number of anilines is 1. The number of ether oxygens (including phenoxy) is 1. The maximum atomic E-state index is 6.14. The minimum Gasteiger partial charge on any atom is -0.486 e. The third kappa shape index (κ3) is 3.77. The first kappa shape index (κ1) is 15.4. The van der Waals surface area contributed by atoms with Crippen molar-refractivity contribution in [1.82, 2.24) is 9.66 Å². The predicted octanol–water partition coefficient (Wildman–Crippen LogP) is 3.53. The zero-order valence-electron chi connectivity index (χ0n) is 11.4. The molecule has 110 valence electrons. The second-order valence-electron chi connectivity index (χ2n) is 4.24. The highest BCUT2D eigenvalue weighted by Crippen LogP contribution is 2.33. The van der Waals surface area contributed by atoms with Crippen molar-refractivity contribution in [2.45, 2.75) is 6.92 Å². The SMILES string of the molecule is C=CCOc1c(Cl)cc(C=Nn2cc(C)nc2N)cc1Cl. The van der Waals surface area contributed by atoms with Gasteiger partial charge >= 0.3 is 0 Å². The quantitative estimate of drug-likeness (QED) is 0.675. The van der Waals surface area contributed by atoms with E-state index in [9.17, 15) is 0 Å². The van der Waals surface area contributed by atoms with Gasteiger partial charge in [-0.3, -0.25) is 0 Å². The summed E-state index contributed by atoms with van der Waals surface area (Å²) < 4.78 is 6.87. The number of hydrogen-bond donors (Lipinski definition) is 1. The molecule has 1 aromatic carbocycles. The summed E-state index contributed by atoms with van der Waals surface area (Å²) in [4.78, 5) is 4.05. The van der Waals surface area contributed by atoms with Crippen molar-refractivity contribution in [3.05, 3.63) is 52.3 Å². The average molecular weight is 325 g/mol. The molecular formula is C14H14Cl2N4O. The fourth-order valence-corrected chi connectivity index (χ4v) is 2.27. The molecule has 0 aliphatic heterocycles. The van der Waals surface area contributed by atoms with Gasteiger partial charge in [0.2, 0.25) is 5.95 Å². The largest absolute Gasteiger partial charge is 0.486 e. The van der Waals surface area contributed by atoms with Crippen LogP contribution in [0.2, 0.25) is 10.0 Å². The van der Waals surface area contributed by atoms with Crippen LogP contribution in [0.3, 0.4) is 0 Å². The summed E-state index contributed by atoms with van der Waals surface area (Å²) in [6.07, 6.45) is 4.93. The van der Waals surface area contributed by atoms with Crippen LogP contribution in [-0.2, 0) is 0 Å². The van der Waals surface area contributed by atoms with Crippen LogP contribution in [0.5, 0.6) is 5.75 Å². The molecule has 0 amide bonds. The van der Waals surface area contributed by atoms with Crippen molar-refractivity contribution in [2.75, 3.05) is 12.3 Å². The first-order valence-corrected chi connectivity index (χ1v) is 6.85. The maximum absolute atomic E-state index is 6.14. The Morgan fingerprint density at radius 2 is 2.10 bits per heavy atom. The lowest BCUT2D eigenvalue weighted by atomic mass is 10.2. The number of aromatic nitrogens is 2. The number of benzene rings is 1. The van der Waals surface area contributed by atoms with Gasteiger partial charge in [-0.05, 0) is 24.6 Å². The molecule has 2 rings (SSSR count). The van der Waals surface area contributed by atoms with Gasteiger partial charge in [0.25, 0.3) is 0 Å². The van der Waals surface area contributed by atoms with E-state index in [-0.39, 0.29) is 0 Å². The Morgan fingerprint density at radius 1 is 1.43 bits per heavy atom. The molecule has 7 heteroatoms. The topological polar surface area (TPSA) is 65.4 Å². The molecule has 0 unspecified atom stereocenters. The molecule has 0 saturated heterocycles. The van der Waals surface area contributed by atoms with Crippen LogP contribution < -0.4 is 10.5 Å². The van der Waals surface area contributed by atoms with Crippen molar-refractivity contribution in [3.63, 3.8) is 0 Å². The molecule has 0 bridgehead atoms. The Balaban J connectivity index is 2.25. The Labute approximate surface area is 132 Å². The summed E-state index contributed by atoms with van der Waals surface area (Å²) in [6, 6.07) is 3.41. The molecule has 21 heavy (non-hydrogen) atoms. The molecule has 1 heterocycles. The number of hydrogen-bond acceptors (Lipinski definition) is 4. The zero-order valence-corrected chi connectivity index (χ0v) is 12.9. The minimum atomic E-state index is 0.312. The van der Waals surface area contributed by atoms with Crippen LogP contribution in [0.15, 0.2) is 36.1 Å². The molecule has 0 atom stereocenters. The van der Waals surface area contributed by atoms with Crippen molar-refractivity contribution in [1.29, 1.82) is 0 Å². The number of rotatable bonds is 5. The third-order valence-electron chi connectivity index (χ3n) is 2.53. The van der Waals surface area contributed by atoms with Crippen LogP contribution in [0.4, 0.5) is 5.95 Å². The fraction of sp³-hybridized carbons (Fsp3) is 0.143. The Kier molecular flexibility index (Phi) is 4.88. The molecular weight excluding hydrogens is 311 g/mol. The Bertz CT molecular complexity index is 671. The molecule has 0 aliphatic carbocycles. The summed E-state index contributed by atoms with van der Waals surface area (Å²) in [5.74, 6) is 0.736. The van der Waals surface area contributed by atoms with Crippen LogP contribution in [-0.4, -0.2) is 22.5 Å². The highest BCUT2D eigenvalue weighted by Gasteiger charge is 2.08. The molecule has 0 spiro atoms. The Morgan fingerprint density at radius 3 is 2.62 bits per heavy atom. The molecule has 2 N–H and O–H groups in total. The van der Waals surface area contributed by atoms with E-state index in [2.05, 4.69) is 16.7 Å². The van der Waals surface area contributed by atoms with Crippen LogP contribution in [0, 0.1) is 6.92 Å². The highest BCUT2D eigenvalue weighted by molar-refractivity contribution is 6.37. The Hall–Kier alpha value is -1.98. The summed E-state index contributed by atoms with van der Waals surface area (Å²) >= 11 is 12.3. The van der Waals surface area contributed by atoms with Crippen molar-refractivity contribution in [2.24, 2.45) is 5.10 Å². The van der Waals surface area contributed by atoms with Crippen LogP contribution >= 0.6 is 23.2 Å². The van der Waals surface area contributed by atoms with Gasteiger partial charge in [-0.2, -0.15) is 5.10 Å². The lowest BCUT2D eigenvalue weighted by Crippen LogP contribution is -1.98. The smallest absolute Gasteiger partial charge is 0.221 e. The lowest BCUT2D eigenvalue weighted by Gasteiger charge is -2.08. The summed E-state index contributed by atoms with van der Waals surface area (Å²) in [6.45, 7) is 5.74. The van der Waals surface area contributed by atoms with Crippen LogP contribution in [0.25, 0.3) is 0 Å². The average Bonchev–Trinajstić information content (AvgIpc) is 2.74. The van der Waals surface area contributed by atoms with E-state index in [0.29, 0.717) is 28.3 Å². The number of nitrogen functional groups attached to an aromatic ring is 1. The van der Waals surface area contributed by atoms with Crippen LogP contribution in [0.1, 0.15) is 11.3 Å². The minimum absolute atomic E-state index is 0.312. The summed E-state index contributed by atoms with van der Waals surface area (Å²) in [5.41, 5.74) is 7.21. The van der Waals surface area contributed by atoms with Gasteiger partial charge in [-0.1, -0.05) is 35.9 Å². The maximum Gasteiger partial charge on any atom is 0.221 e. The van der Waals surface area contributed by atoms with E-state index in [4.69, 9.17) is 33.7 Å². The summed E-state index contributed by atoms with van der Waals surface area (Å²) in [7, 11) is 0. The van der Waals surface area contributed by atoms with Gasteiger partial charge in [-0.25, -0.2) is 9.66 Å². The molecule has 0 saturated carbocycles. The molecule has 1 aromatic heterocycles. The third-order valence-corrected chi connectivity index (χ3v) is 3.09. The number of nitrogens with two attached hydrogens (primary N) is 1. The second-order valence-corrected chi connectivity index (χ2v) is 5.06. The fourth-order valence-electron chi connectivity index (χ4n) is 1.66. The van der Waals surface area contributed by atoms with E-state index >= 15 is 0 Å². The normalized spacial score (nSPS) is 11.0. The molecule has 5 nitrogen and oxygen atoms in total. The predicted molar refractivity (Wildman–Crippen MR) is 86.5 cm³/mol. The summed E-state index contributed by atoms with van der Waals surface area (Å²) in [5, 5.41) is 5.01. The second kappa shape index (κ2) is 6.65. The zero-order chi connectivity index (χ0) is 15.4. The molecule has 0 fully saturated rings. The van der Waals surface area contributed by atoms with Gasteiger partial charge in [0.1, 0.15) is 6.61 Å². The number of imidazole rings is 1. The van der Waals surface area contributed by atoms with E-state index in [1.165, 1.54) is 4.68 Å². The lowest BCUT2D eigenvalue weighted by molar-refractivity contribution is 0.363. The number of aryl methyl sites for hydroxylation is 1. The number of nitrogens with zero attached hydrogens (tertiary/aromatic N) is 3. The van der Waals surface area contributed by atoms with E-state index in [0.717, 1.165) is 11.3 Å². The first-order chi connectivity index (χ1) is 10.0. The van der Waals surface area contributed by atoms with Crippen molar-refractivity contribution in [3.8, 4) is 5.75 Å². The number of halogens is 2. The standard InChI is InChI=1S/C14H14Cl2N4O/c1-3-4-21-13-11(15)5-10(6-12(13)16)7-18-20-8-9(2)19-14(20)17/h3,5-8H,1,4H2,2H3,(H2,17,19). The monoisotopic (exact) mass is 324 g/mol. The van der Waals surface area contributed by atoms with Gasteiger partial charge in [-0.15, -0.1) is 0 Å². The van der Waals surface area contributed by atoms with E-state index in [1.54, 1.807) is 30.6 Å². The van der Waals surface area contributed by atoms with Gasteiger partial charge in [0, 0.05) is 0 Å². The van der Waals surface area contributed by atoms with Crippen molar-refractivity contribution < 1.29 is 4.74 Å². The molecule has 2 aromatic rings. The van der Waals surface area contributed by atoms with Gasteiger partial charge < -0.3 is 10.5 Å². The molecule has 0 aliphatic rings. The van der Waals surface area contributed by atoms with Gasteiger partial charge in [0.05, 0.1) is 28.2 Å².